The summed E-state index contributed by atoms with van der Waals surface area (Å²) in [4.78, 5) is 0. The Morgan fingerprint density at radius 2 is 1.94 bits per heavy atom. The molecule has 0 unspecified atom stereocenters. The Balaban J connectivity index is 2.62. The third-order valence-electron chi connectivity index (χ3n) is 3.63. The smallest absolute Gasteiger partial charge is 0.279 e. The van der Waals surface area contributed by atoms with E-state index in [-0.39, 0.29) is 11.6 Å². The van der Waals surface area contributed by atoms with Crippen LogP contribution >= 0.6 is 0 Å². The van der Waals surface area contributed by atoms with E-state index < -0.39 is 10.2 Å². The molecule has 18 heavy (non-hydrogen) atoms. The molecular formula is C11H25N3O3S. The molecule has 7 heteroatoms. The molecule has 108 valence electrons. The summed E-state index contributed by atoms with van der Waals surface area (Å²) >= 11 is 0. The van der Waals surface area contributed by atoms with Crippen LogP contribution in [0.5, 0.6) is 0 Å². The van der Waals surface area contributed by atoms with Crippen LogP contribution in [0.15, 0.2) is 0 Å². The van der Waals surface area contributed by atoms with E-state index in [2.05, 4.69) is 10.0 Å². The molecule has 0 aromatic rings. The minimum atomic E-state index is -3.42. The summed E-state index contributed by atoms with van der Waals surface area (Å²) in [7, 11) is -0.201. The summed E-state index contributed by atoms with van der Waals surface area (Å²) in [5, 5.41) is 3.24. The maximum Gasteiger partial charge on any atom is 0.279 e. The Bertz CT molecular complexity index is 351. The lowest BCUT2D eigenvalue weighted by atomic mass is 9.92. The molecule has 2 N–H and O–H groups in total. The summed E-state index contributed by atoms with van der Waals surface area (Å²) in [6, 6.07) is -0.0611. The first-order valence-corrected chi connectivity index (χ1v) is 7.75. The van der Waals surface area contributed by atoms with Gasteiger partial charge in [-0.15, -0.1) is 0 Å². The highest BCUT2D eigenvalue weighted by atomic mass is 32.2. The van der Waals surface area contributed by atoms with Gasteiger partial charge in [-0.2, -0.15) is 17.4 Å². The van der Waals surface area contributed by atoms with Gasteiger partial charge in [-0.1, -0.05) is 0 Å². The zero-order valence-corrected chi connectivity index (χ0v) is 12.5. The molecule has 0 radical (unpaired) electrons. The summed E-state index contributed by atoms with van der Waals surface area (Å²) in [6.07, 6.45) is 1.63. The van der Waals surface area contributed by atoms with Crippen molar-refractivity contribution in [1.82, 2.24) is 14.3 Å². The van der Waals surface area contributed by atoms with E-state index in [1.54, 1.807) is 14.2 Å². The number of hydrogen-bond donors (Lipinski definition) is 2. The van der Waals surface area contributed by atoms with E-state index in [1.165, 1.54) is 4.31 Å². The molecule has 1 rings (SSSR count). The second-order valence-corrected chi connectivity index (χ2v) is 6.89. The number of methoxy groups -OCH3 is 1. The molecule has 1 saturated heterocycles. The maximum atomic E-state index is 12.0. The van der Waals surface area contributed by atoms with Crippen molar-refractivity contribution >= 4 is 10.2 Å². The van der Waals surface area contributed by atoms with Gasteiger partial charge in [-0.05, 0) is 39.8 Å². The maximum absolute atomic E-state index is 12.0. The molecule has 6 nitrogen and oxygen atoms in total. The van der Waals surface area contributed by atoms with E-state index in [0.717, 1.165) is 25.9 Å². The van der Waals surface area contributed by atoms with Gasteiger partial charge in [0.05, 0.1) is 5.60 Å². The van der Waals surface area contributed by atoms with Gasteiger partial charge in [0, 0.05) is 26.7 Å². The van der Waals surface area contributed by atoms with Gasteiger partial charge in [0.25, 0.3) is 10.2 Å². The van der Waals surface area contributed by atoms with Crippen molar-refractivity contribution in [1.29, 1.82) is 0 Å². The van der Waals surface area contributed by atoms with E-state index in [9.17, 15) is 8.42 Å². The summed E-state index contributed by atoms with van der Waals surface area (Å²) < 4.78 is 33.5. The molecule has 0 amide bonds. The molecule has 1 fully saturated rings. The highest BCUT2D eigenvalue weighted by molar-refractivity contribution is 7.87. The minimum Gasteiger partial charge on any atom is -0.377 e. The van der Waals surface area contributed by atoms with E-state index in [1.807, 2.05) is 13.8 Å². The van der Waals surface area contributed by atoms with Crippen LogP contribution < -0.4 is 10.0 Å². The topological polar surface area (TPSA) is 70.7 Å². The first kappa shape index (κ1) is 15.8. The van der Waals surface area contributed by atoms with E-state index >= 15 is 0 Å². The highest BCUT2D eigenvalue weighted by Gasteiger charge is 2.34. The van der Waals surface area contributed by atoms with Crippen molar-refractivity contribution in [2.45, 2.75) is 38.3 Å². The predicted molar refractivity (Wildman–Crippen MR) is 71.7 cm³/mol. The van der Waals surface area contributed by atoms with Gasteiger partial charge >= 0.3 is 0 Å². The van der Waals surface area contributed by atoms with Crippen molar-refractivity contribution in [3.63, 3.8) is 0 Å². The molecule has 0 spiro atoms. The minimum absolute atomic E-state index is 0.0611. The highest BCUT2D eigenvalue weighted by Crippen LogP contribution is 2.21. The third-order valence-corrected chi connectivity index (χ3v) is 5.32. The molecule has 0 aromatic carbocycles. The van der Waals surface area contributed by atoms with Gasteiger partial charge in [-0.3, -0.25) is 0 Å². The molecule has 1 aliphatic heterocycles. The third kappa shape index (κ3) is 3.89. The van der Waals surface area contributed by atoms with Crippen LogP contribution in [0.25, 0.3) is 0 Å². The van der Waals surface area contributed by atoms with E-state index in [0.29, 0.717) is 6.54 Å². The number of nitrogens with zero attached hydrogens (tertiary/aromatic N) is 1. The van der Waals surface area contributed by atoms with Crippen LogP contribution in [0.4, 0.5) is 0 Å². The summed E-state index contributed by atoms with van der Waals surface area (Å²) in [6.45, 7) is 5.72. The van der Waals surface area contributed by atoms with E-state index in [4.69, 9.17) is 4.74 Å². The zero-order chi connectivity index (χ0) is 13.8. The fourth-order valence-electron chi connectivity index (χ4n) is 1.94. The van der Waals surface area contributed by atoms with Crippen molar-refractivity contribution in [2.24, 2.45) is 0 Å². The molecule has 0 aliphatic carbocycles. The van der Waals surface area contributed by atoms with Gasteiger partial charge < -0.3 is 10.1 Å². The lowest BCUT2D eigenvalue weighted by molar-refractivity contribution is -0.0289. The first-order valence-electron chi connectivity index (χ1n) is 6.31. The normalized spacial score (nSPS) is 20.6. The number of piperidine rings is 1. The number of rotatable bonds is 6. The van der Waals surface area contributed by atoms with Gasteiger partial charge in [0.15, 0.2) is 0 Å². The Kier molecular flexibility index (Phi) is 5.54. The van der Waals surface area contributed by atoms with Crippen LogP contribution in [-0.2, 0) is 14.9 Å². The van der Waals surface area contributed by atoms with Crippen LogP contribution in [0.1, 0.15) is 26.7 Å². The second kappa shape index (κ2) is 6.29. The van der Waals surface area contributed by atoms with Crippen molar-refractivity contribution < 1.29 is 13.2 Å². The second-order valence-electron chi connectivity index (χ2n) is 5.07. The van der Waals surface area contributed by atoms with Gasteiger partial charge in [-0.25, -0.2) is 0 Å². The Morgan fingerprint density at radius 3 is 2.39 bits per heavy atom. The first-order chi connectivity index (χ1) is 8.33. The van der Waals surface area contributed by atoms with Gasteiger partial charge in [0.1, 0.15) is 0 Å². The zero-order valence-electron chi connectivity index (χ0n) is 11.7. The number of ether oxygens (including phenoxy) is 1. The number of nitrogens with one attached hydrogen (secondary N) is 2. The Hall–Kier alpha value is -0.210. The van der Waals surface area contributed by atoms with Gasteiger partial charge in [0.2, 0.25) is 0 Å². The Morgan fingerprint density at radius 1 is 1.39 bits per heavy atom. The fourth-order valence-corrected chi connectivity index (χ4v) is 3.14. The van der Waals surface area contributed by atoms with Crippen molar-refractivity contribution in [2.75, 3.05) is 33.8 Å². The molecule has 1 aliphatic rings. The lowest BCUT2D eigenvalue weighted by Crippen LogP contribution is -2.53. The molecule has 0 atom stereocenters. The van der Waals surface area contributed by atoms with Crippen LogP contribution in [0.2, 0.25) is 0 Å². The summed E-state index contributed by atoms with van der Waals surface area (Å²) in [5.74, 6) is 0. The van der Waals surface area contributed by atoms with Crippen LogP contribution in [-0.4, -0.2) is 58.2 Å². The molecule has 1 heterocycles. The fraction of sp³-hybridized carbons (Fsp3) is 1.00. The SMILES string of the molecule is COC1(CNS(=O)(=O)N(C)C(C)C)CCNCC1. The average Bonchev–Trinajstić information content (AvgIpc) is 2.36. The monoisotopic (exact) mass is 279 g/mol. The average molecular weight is 279 g/mol. The van der Waals surface area contributed by atoms with Crippen molar-refractivity contribution in [3.8, 4) is 0 Å². The lowest BCUT2D eigenvalue weighted by Gasteiger charge is -2.37. The molecule has 0 bridgehead atoms. The predicted octanol–water partition coefficient (Wildman–Crippen LogP) is -0.0704. The largest absolute Gasteiger partial charge is 0.377 e. The van der Waals surface area contributed by atoms with Crippen LogP contribution in [0.3, 0.4) is 0 Å². The number of hydrogen-bond acceptors (Lipinski definition) is 4. The van der Waals surface area contributed by atoms with Crippen molar-refractivity contribution in [3.05, 3.63) is 0 Å². The molecule has 0 aromatic heterocycles. The van der Waals surface area contributed by atoms with Crippen LogP contribution in [0, 0.1) is 0 Å². The Labute approximate surface area is 110 Å². The quantitative estimate of drug-likeness (QED) is 0.714. The summed E-state index contributed by atoms with van der Waals surface area (Å²) in [5.41, 5.74) is -0.379. The molecular weight excluding hydrogens is 254 g/mol. The standard InChI is InChI=1S/C11H25N3O3S/c1-10(2)14(3)18(15,16)13-9-11(17-4)5-7-12-8-6-11/h10,12-13H,5-9H2,1-4H3. The molecule has 0 saturated carbocycles.